The Morgan fingerprint density at radius 3 is 2.62 bits per heavy atom. The number of fused-ring (bicyclic) bond motifs is 1. The summed E-state index contributed by atoms with van der Waals surface area (Å²) < 4.78 is 25.4. The van der Waals surface area contributed by atoms with Gasteiger partial charge in [-0.25, -0.2) is 18.4 Å². The number of benzene rings is 1. The number of rotatable bonds is 3. The van der Waals surface area contributed by atoms with Crippen LogP contribution in [-0.4, -0.2) is 54.6 Å². The Morgan fingerprint density at radius 1 is 1.15 bits per heavy atom. The Morgan fingerprint density at radius 2 is 1.92 bits per heavy atom. The number of piperazine rings is 1. The van der Waals surface area contributed by atoms with E-state index in [1.165, 1.54) is 6.26 Å². The van der Waals surface area contributed by atoms with Gasteiger partial charge in [-0.2, -0.15) is 4.31 Å². The molecule has 2 aromatic heterocycles. The smallest absolute Gasteiger partial charge is 0.211 e. The number of hydrogen-bond acceptors (Lipinski definition) is 6. The van der Waals surface area contributed by atoms with Crippen LogP contribution in [0.2, 0.25) is 0 Å². The van der Waals surface area contributed by atoms with Crippen LogP contribution in [-0.2, 0) is 10.0 Å². The van der Waals surface area contributed by atoms with Crippen LogP contribution in [0.25, 0.3) is 20.7 Å². The van der Waals surface area contributed by atoms with E-state index in [2.05, 4.69) is 33.1 Å². The van der Waals surface area contributed by atoms with E-state index < -0.39 is 10.0 Å². The van der Waals surface area contributed by atoms with Gasteiger partial charge in [0.1, 0.15) is 17.0 Å². The summed E-state index contributed by atoms with van der Waals surface area (Å²) in [6, 6.07) is 12.3. The van der Waals surface area contributed by atoms with Gasteiger partial charge in [0.15, 0.2) is 0 Å². The molecule has 26 heavy (non-hydrogen) atoms. The molecular weight excluding hydrogens is 368 g/mol. The molecule has 6 nitrogen and oxygen atoms in total. The monoisotopic (exact) mass is 388 g/mol. The third-order valence-corrected chi connectivity index (χ3v) is 7.15. The molecule has 1 atom stereocenters. The van der Waals surface area contributed by atoms with Gasteiger partial charge < -0.3 is 4.90 Å². The fraction of sp³-hybridized carbons (Fsp3) is 0.333. The van der Waals surface area contributed by atoms with Crippen molar-refractivity contribution in [2.45, 2.75) is 13.0 Å². The summed E-state index contributed by atoms with van der Waals surface area (Å²) >= 11 is 1.65. The van der Waals surface area contributed by atoms with Gasteiger partial charge in [0.25, 0.3) is 0 Å². The van der Waals surface area contributed by atoms with Crippen molar-refractivity contribution in [3.63, 3.8) is 0 Å². The molecule has 0 radical (unpaired) electrons. The van der Waals surface area contributed by atoms with E-state index in [4.69, 9.17) is 0 Å². The van der Waals surface area contributed by atoms with Crippen molar-refractivity contribution < 1.29 is 8.42 Å². The third-order valence-electron chi connectivity index (χ3n) is 4.66. The summed E-state index contributed by atoms with van der Waals surface area (Å²) in [5, 5.41) is 1.02. The van der Waals surface area contributed by atoms with Gasteiger partial charge in [-0.05, 0) is 18.6 Å². The van der Waals surface area contributed by atoms with Crippen molar-refractivity contribution in [1.29, 1.82) is 0 Å². The molecule has 3 heterocycles. The first-order valence-electron chi connectivity index (χ1n) is 8.45. The molecule has 0 unspecified atom stereocenters. The van der Waals surface area contributed by atoms with Crippen molar-refractivity contribution in [3.8, 4) is 10.4 Å². The molecule has 1 fully saturated rings. The van der Waals surface area contributed by atoms with Crippen molar-refractivity contribution in [2.75, 3.05) is 30.8 Å². The summed E-state index contributed by atoms with van der Waals surface area (Å²) in [7, 11) is -3.18. The molecule has 4 rings (SSSR count). The van der Waals surface area contributed by atoms with Gasteiger partial charge in [0, 0.05) is 30.6 Å². The number of sulfonamides is 1. The van der Waals surface area contributed by atoms with Crippen LogP contribution < -0.4 is 4.90 Å². The van der Waals surface area contributed by atoms with Crippen molar-refractivity contribution in [1.82, 2.24) is 14.3 Å². The molecule has 8 heteroatoms. The molecule has 0 N–H and O–H groups in total. The lowest BCUT2D eigenvalue weighted by atomic mass is 10.1. The van der Waals surface area contributed by atoms with Gasteiger partial charge in [0.2, 0.25) is 10.0 Å². The van der Waals surface area contributed by atoms with Crippen molar-refractivity contribution in [2.24, 2.45) is 0 Å². The Bertz CT molecular complexity index is 1030. The second-order valence-electron chi connectivity index (χ2n) is 6.56. The maximum absolute atomic E-state index is 11.9. The average Bonchev–Trinajstić information content (AvgIpc) is 3.05. The maximum atomic E-state index is 11.9. The van der Waals surface area contributed by atoms with E-state index in [1.54, 1.807) is 22.0 Å². The Hall–Kier alpha value is -2.03. The summed E-state index contributed by atoms with van der Waals surface area (Å²) in [4.78, 5) is 13.2. The van der Waals surface area contributed by atoms with Crippen LogP contribution in [0.4, 0.5) is 5.82 Å². The van der Waals surface area contributed by atoms with Gasteiger partial charge in [0.05, 0.1) is 11.6 Å². The zero-order valence-corrected chi connectivity index (χ0v) is 16.3. The molecule has 3 aromatic rings. The summed E-state index contributed by atoms with van der Waals surface area (Å²) in [6.07, 6.45) is 2.86. The first-order chi connectivity index (χ1) is 12.4. The summed E-state index contributed by atoms with van der Waals surface area (Å²) in [5.41, 5.74) is 1.16. The molecule has 1 aliphatic rings. The predicted molar refractivity (Wildman–Crippen MR) is 106 cm³/mol. The first-order valence-corrected chi connectivity index (χ1v) is 11.1. The quantitative estimate of drug-likeness (QED) is 0.690. The SMILES string of the molecule is C[C@@H]1CN(c2ncnc3sc(-c4ccccc4)cc23)CCN1S(C)(=O)=O. The molecule has 0 aliphatic carbocycles. The minimum Gasteiger partial charge on any atom is -0.353 e. The summed E-state index contributed by atoms with van der Waals surface area (Å²) in [5.74, 6) is 0.883. The normalized spacial score (nSPS) is 19.2. The lowest BCUT2D eigenvalue weighted by Crippen LogP contribution is -2.53. The van der Waals surface area contributed by atoms with E-state index in [-0.39, 0.29) is 6.04 Å². The first kappa shape index (κ1) is 17.4. The fourth-order valence-electron chi connectivity index (χ4n) is 3.47. The zero-order chi connectivity index (χ0) is 18.3. The van der Waals surface area contributed by atoms with E-state index in [1.807, 2.05) is 25.1 Å². The fourth-order valence-corrected chi connectivity index (χ4v) is 5.60. The number of thiophene rings is 1. The third kappa shape index (κ3) is 3.20. The highest BCUT2D eigenvalue weighted by Crippen LogP contribution is 2.36. The van der Waals surface area contributed by atoms with E-state index >= 15 is 0 Å². The van der Waals surface area contributed by atoms with E-state index in [9.17, 15) is 8.42 Å². The summed E-state index contributed by atoms with van der Waals surface area (Å²) in [6.45, 7) is 3.66. The minimum atomic E-state index is -3.18. The Balaban J connectivity index is 1.68. The van der Waals surface area contributed by atoms with Crippen molar-refractivity contribution in [3.05, 3.63) is 42.7 Å². The Kier molecular flexibility index (Phi) is 4.42. The highest BCUT2D eigenvalue weighted by atomic mass is 32.2. The molecule has 136 valence electrons. The second kappa shape index (κ2) is 6.61. The Labute approximate surface area is 157 Å². The van der Waals surface area contributed by atoms with E-state index in [0.29, 0.717) is 19.6 Å². The molecule has 0 bridgehead atoms. The van der Waals surface area contributed by atoms with Crippen molar-refractivity contribution >= 4 is 37.4 Å². The molecular formula is C18H20N4O2S2. The zero-order valence-electron chi connectivity index (χ0n) is 14.7. The van der Waals surface area contributed by atoms with Crippen LogP contribution in [0.15, 0.2) is 42.7 Å². The lowest BCUT2D eigenvalue weighted by Gasteiger charge is -2.39. The molecule has 1 aromatic carbocycles. The van der Waals surface area contributed by atoms with Crippen LogP contribution >= 0.6 is 11.3 Å². The van der Waals surface area contributed by atoms with Crippen LogP contribution in [0.1, 0.15) is 6.92 Å². The van der Waals surface area contributed by atoms with Gasteiger partial charge >= 0.3 is 0 Å². The highest BCUT2D eigenvalue weighted by molar-refractivity contribution is 7.88. The van der Waals surface area contributed by atoms with Crippen LogP contribution in [0, 0.1) is 0 Å². The maximum Gasteiger partial charge on any atom is 0.211 e. The molecule has 0 saturated carbocycles. The average molecular weight is 389 g/mol. The number of aromatic nitrogens is 2. The minimum absolute atomic E-state index is 0.0870. The largest absolute Gasteiger partial charge is 0.353 e. The molecule has 1 aliphatic heterocycles. The molecule has 1 saturated heterocycles. The van der Waals surface area contributed by atoms with Crippen LogP contribution in [0.5, 0.6) is 0 Å². The van der Waals surface area contributed by atoms with Crippen LogP contribution in [0.3, 0.4) is 0 Å². The van der Waals surface area contributed by atoms with Gasteiger partial charge in [-0.3, -0.25) is 0 Å². The highest BCUT2D eigenvalue weighted by Gasteiger charge is 2.31. The number of hydrogen-bond donors (Lipinski definition) is 0. The van der Waals surface area contributed by atoms with E-state index in [0.717, 1.165) is 26.5 Å². The number of anilines is 1. The number of nitrogens with zero attached hydrogens (tertiary/aromatic N) is 4. The predicted octanol–water partition coefficient (Wildman–Crippen LogP) is 2.83. The topological polar surface area (TPSA) is 66.4 Å². The second-order valence-corrected chi connectivity index (χ2v) is 9.53. The van der Waals surface area contributed by atoms with Gasteiger partial charge in [-0.15, -0.1) is 11.3 Å². The molecule has 0 spiro atoms. The molecule has 0 amide bonds. The lowest BCUT2D eigenvalue weighted by molar-refractivity contribution is 0.308. The van der Waals surface area contributed by atoms with Gasteiger partial charge in [-0.1, -0.05) is 30.3 Å². The standard InChI is InChI=1S/C18H20N4O2S2/c1-13-11-21(8-9-22(13)26(2,23)24)17-15-10-16(14-6-4-3-5-7-14)25-18(15)20-12-19-17/h3-7,10,12-13H,8-9,11H2,1-2H3/t13-/m1/s1.